The maximum Gasteiger partial charge on any atom is 0.0899 e. The summed E-state index contributed by atoms with van der Waals surface area (Å²) in [6, 6.07) is 7.54. The highest BCUT2D eigenvalue weighted by Gasteiger charge is 1.99. The first-order valence-corrected chi connectivity index (χ1v) is 3.96. The van der Waals surface area contributed by atoms with Gasteiger partial charge in [0.2, 0.25) is 0 Å². The number of pyridine rings is 1. The summed E-state index contributed by atoms with van der Waals surface area (Å²) in [5, 5.41) is 22.3. The molecule has 1 aromatic carbocycles. The van der Waals surface area contributed by atoms with E-state index in [0.29, 0.717) is 10.9 Å². The van der Waals surface area contributed by atoms with Gasteiger partial charge in [-0.2, -0.15) is 0 Å². The number of benzene rings is 1. The monoisotopic (exact) mass is 187 g/mol. The normalized spacial score (nSPS) is 10.3. The van der Waals surface area contributed by atoms with Gasteiger partial charge in [0.15, 0.2) is 0 Å². The van der Waals surface area contributed by atoms with E-state index in [4.69, 9.17) is 0 Å². The van der Waals surface area contributed by atoms with Gasteiger partial charge in [0.05, 0.1) is 17.2 Å². The number of carboxylic acid groups (broad SMARTS) is 1. The Morgan fingerprint density at radius 3 is 2.71 bits per heavy atom. The molecule has 2 rings (SSSR count). The number of nitrogens with zero attached hydrogens (tertiary/aromatic N) is 1. The molecule has 70 valence electrons. The van der Waals surface area contributed by atoms with Crippen LogP contribution in [0.5, 0.6) is 5.75 Å². The summed E-state index contributed by atoms with van der Waals surface area (Å²) in [6.07, 6.45) is 0. The highest BCUT2D eigenvalue weighted by atomic mass is 16.4. The molecule has 0 bridgehead atoms. The first-order valence-electron chi connectivity index (χ1n) is 3.96. The van der Waals surface area contributed by atoms with Gasteiger partial charge in [-0.05, 0) is 17.5 Å². The third-order valence-corrected chi connectivity index (χ3v) is 1.89. The average molecular weight is 187 g/mol. The first-order chi connectivity index (χ1) is 6.68. The van der Waals surface area contributed by atoms with Gasteiger partial charge in [0, 0.05) is 0 Å². The van der Waals surface area contributed by atoms with Crippen molar-refractivity contribution in [3.63, 3.8) is 0 Å². The van der Waals surface area contributed by atoms with Crippen LogP contribution in [0.3, 0.4) is 0 Å². The van der Waals surface area contributed by atoms with E-state index in [0.717, 1.165) is 6.07 Å². The summed E-state index contributed by atoms with van der Waals surface area (Å²) in [7, 11) is 0. The molecule has 0 radical (unpaired) electrons. The van der Waals surface area contributed by atoms with Crippen LogP contribution in [0.25, 0.3) is 10.9 Å². The van der Waals surface area contributed by atoms with Crippen molar-refractivity contribution in [2.24, 2.45) is 0 Å². The van der Waals surface area contributed by atoms with Gasteiger partial charge in [-0.1, -0.05) is 23.9 Å². The van der Waals surface area contributed by atoms with Crippen molar-refractivity contribution in [3.05, 3.63) is 36.0 Å². The van der Waals surface area contributed by atoms with Gasteiger partial charge in [-0.15, -0.1) is 0 Å². The molecular formula is C10H5NO3-2. The Morgan fingerprint density at radius 2 is 2.00 bits per heavy atom. The van der Waals surface area contributed by atoms with E-state index in [1.54, 1.807) is 24.3 Å². The van der Waals surface area contributed by atoms with Crippen molar-refractivity contribution in [2.75, 3.05) is 0 Å². The Hall–Kier alpha value is -2.10. The predicted octanol–water partition coefficient (Wildman–Crippen LogP) is -0.328. The van der Waals surface area contributed by atoms with Crippen molar-refractivity contribution < 1.29 is 15.0 Å². The number of rotatable bonds is 1. The first kappa shape index (κ1) is 8.50. The zero-order valence-electron chi connectivity index (χ0n) is 7.06. The SMILES string of the molecule is O=C([O-])c1cc([O-])c2ccccc2n1. The third-order valence-electron chi connectivity index (χ3n) is 1.89. The van der Waals surface area contributed by atoms with Gasteiger partial charge in [-0.25, -0.2) is 4.98 Å². The Labute approximate surface area is 79.4 Å². The Kier molecular flexibility index (Phi) is 1.81. The van der Waals surface area contributed by atoms with Crippen LogP contribution in [0.4, 0.5) is 0 Å². The lowest BCUT2D eigenvalue weighted by molar-refractivity contribution is -0.267. The van der Waals surface area contributed by atoms with Gasteiger partial charge in [0.1, 0.15) is 0 Å². The van der Waals surface area contributed by atoms with Crippen LogP contribution in [-0.2, 0) is 0 Å². The summed E-state index contributed by atoms with van der Waals surface area (Å²) in [5.74, 6) is -1.79. The molecule has 0 unspecified atom stereocenters. The van der Waals surface area contributed by atoms with Crippen molar-refractivity contribution in [3.8, 4) is 5.75 Å². The van der Waals surface area contributed by atoms with Crippen LogP contribution in [0.15, 0.2) is 30.3 Å². The lowest BCUT2D eigenvalue weighted by atomic mass is 10.2. The number of carbonyl (C=O) groups excluding carboxylic acids is 1. The minimum atomic E-state index is -1.44. The molecule has 0 aliphatic rings. The number of hydrogen-bond acceptors (Lipinski definition) is 4. The van der Waals surface area contributed by atoms with Gasteiger partial charge < -0.3 is 15.0 Å². The smallest absolute Gasteiger partial charge is 0.0899 e. The fraction of sp³-hybridized carbons (Fsp3) is 0. The zero-order chi connectivity index (χ0) is 10.1. The van der Waals surface area contributed by atoms with E-state index in [-0.39, 0.29) is 11.4 Å². The second-order valence-corrected chi connectivity index (χ2v) is 2.81. The molecule has 0 aliphatic heterocycles. The standard InChI is InChI=1S/C10H7NO3/c12-9-5-8(10(13)14)11-7-4-2-1-3-6(7)9/h1-5H,(H,11,12)(H,13,14)/p-2. The number of hydrogen-bond donors (Lipinski definition) is 0. The molecule has 1 heterocycles. The Bertz CT molecular complexity index is 508. The zero-order valence-corrected chi connectivity index (χ0v) is 7.06. The predicted molar refractivity (Wildman–Crippen MR) is 45.5 cm³/mol. The minimum Gasteiger partial charge on any atom is -0.872 e. The molecule has 14 heavy (non-hydrogen) atoms. The highest BCUT2D eigenvalue weighted by Crippen LogP contribution is 2.20. The van der Waals surface area contributed by atoms with Crippen LogP contribution in [0.1, 0.15) is 10.5 Å². The fourth-order valence-corrected chi connectivity index (χ4v) is 1.25. The van der Waals surface area contributed by atoms with Crippen molar-refractivity contribution in [1.29, 1.82) is 0 Å². The summed E-state index contributed by atoms with van der Waals surface area (Å²) in [5.41, 5.74) is 0.0490. The molecule has 0 N–H and O–H groups in total. The van der Waals surface area contributed by atoms with Crippen molar-refractivity contribution in [1.82, 2.24) is 4.98 Å². The second-order valence-electron chi connectivity index (χ2n) is 2.81. The third kappa shape index (κ3) is 1.26. The highest BCUT2D eigenvalue weighted by molar-refractivity contribution is 5.91. The fourth-order valence-electron chi connectivity index (χ4n) is 1.25. The maximum atomic E-state index is 11.4. The van der Waals surface area contributed by atoms with E-state index in [2.05, 4.69) is 4.98 Å². The van der Waals surface area contributed by atoms with Gasteiger partial charge >= 0.3 is 0 Å². The van der Waals surface area contributed by atoms with Crippen LogP contribution < -0.4 is 10.2 Å². The van der Waals surface area contributed by atoms with E-state index in [1.807, 2.05) is 0 Å². The molecule has 4 nitrogen and oxygen atoms in total. The van der Waals surface area contributed by atoms with Crippen LogP contribution >= 0.6 is 0 Å². The quantitative estimate of drug-likeness (QED) is 0.612. The molecule has 4 heteroatoms. The summed E-state index contributed by atoms with van der Waals surface area (Å²) in [6.45, 7) is 0. The number of carboxylic acids is 1. The molecule has 0 atom stereocenters. The maximum absolute atomic E-state index is 11.4. The number of aromatic nitrogens is 1. The lowest BCUT2D eigenvalue weighted by Gasteiger charge is -2.12. The molecule has 0 amide bonds. The molecule has 0 saturated carbocycles. The number of aromatic carboxylic acids is 1. The summed E-state index contributed by atoms with van der Waals surface area (Å²) in [4.78, 5) is 14.3. The average Bonchev–Trinajstić information content (AvgIpc) is 2.17. The summed E-state index contributed by atoms with van der Waals surface area (Å²) < 4.78 is 0. The van der Waals surface area contributed by atoms with Gasteiger partial charge in [0.25, 0.3) is 0 Å². The van der Waals surface area contributed by atoms with E-state index >= 15 is 0 Å². The number of carbonyl (C=O) groups is 1. The Balaban J connectivity index is 2.78. The largest absolute Gasteiger partial charge is 0.872 e. The second kappa shape index (κ2) is 2.99. The van der Waals surface area contributed by atoms with Crippen LogP contribution in [0, 0.1) is 0 Å². The Morgan fingerprint density at radius 1 is 1.29 bits per heavy atom. The van der Waals surface area contributed by atoms with Crippen molar-refractivity contribution in [2.45, 2.75) is 0 Å². The molecular weight excluding hydrogens is 182 g/mol. The van der Waals surface area contributed by atoms with E-state index in [1.165, 1.54) is 0 Å². The van der Waals surface area contributed by atoms with Crippen molar-refractivity contribution >= 4 is 16.9 Å². The number of para-hydroxylation sites is 1. The minimum absolute atomic E-state index is 0.325. The molecule has 1 aromatic heterocycles. The van der Waals surface area contributed by atoms with Gasteiger partial charge in [-0.3, -0.25) is 0 Å². The molecule has 0 aliphatic carbocycles. The van der Waals surface area contributed by atoms with E-state index < -0.39 is 5.97 Å². The summed E-state index contributed by atoms with van der Waals surface area (Å²) >= 11 is 0. The molecule has 2 aromatic rings. The molecule has 0 fully saturated rings. The topological polar surface area (TPSA) is 76.1 Å². The molecule has 0 saturated heterocycles. The van der Waals surface area contributed by atoms with Crippen LogP contribution in [0.2, 0.25) is 0 Å². The van der Waals surface area contributed by atoms with E-state index in [9.17, 15) is 15.0 Å². The van der Waals surface area contributed by atoms with Crippen LogP contribution in [-0.4, -0.2) is 11.0 Å². The number of fused-ring (bicyclic) bond motifs is 1. The lowest BCUT2D eigenvalue weighted by Crippen LogP contribution is -2.23. The molecule has 0 spiro atoms.